The first-order valence-corrected chi connectivity index (χ1v) is 3.86. The third-order valence-electron chi connectivity index (χ3n) is 1.36. The Bertz CT molecular complexity index is 305. The molecule has 1 aromatic rings. The molecule has 0 unspecified atom stereocenters. The molecule has 0 saturated carbocycles. The van der Waals surface area contributed by atoms with Gasteiger partial charge in [-0.3, -0.25) is 0 Å². The Balaban J connectivity index is 3.33. The van der Waals surface area contributed by atoms with Crippen molar-refractivity contribution in [3.05, 3.63) is 22.4 Å². The summed E-state index contributed by atoms with van der Waals surface area (Å²) in [6, 6.07) is 2.07. The van der Waals surface area contributed by atoms with Crippen LogP contribution in [0.5, 0.6) is 5.75 Å². The molecular weight excluding hydrogens is 230 g/mol. The van der Waals surface area contributed by atoms with E-state index in [1.165, 1.54) is 0 Å². The summed E-state index contributed by atoms with van der Waals surface area (Å²) in [6.45, 7) is 0. The summed E-state index contributed by atoms with van der Waals surface area (Å²) in [5.41, 5.74) is -0.366. The van der Waals surface area contributed by atoms with Crippen molar-refractivity contribution in [2.45, 2.75) is 0 Å². The average molecular weight is 235 g/mol. The zero-order valence-electron chi connectivity index (χ0n) is 5.83. The van der Waals surface area contributed by atoms with E-state index < -0.39 is 12.9 Å². The summed E-state index contributed by atoms with van der Waals surface area (Å²) in [6.07, 6.45) is 0. The number of hydrogen-bond acceptors (Lipinski definition) is 3. The molecule has 3 nitrogen and oxygen atoms in total. The van der Waals surface area contributed by atoms with E-state index in [0.717, 1.165) is 12.1 Å². The number of benzene rings is 1. The molecule has 64 valence electrons. The molecule has 0 aliphatic carbocycles. The fourth-order valence-electron chi connectivity index (χ4n) is 0.795. The van der Waals surface area contributed by atoms with Crippen LogP contribution in [0.25, 0.3) is 0 Å². The highest BCUT2D eigenvalue weighted by Gasteiger charge is 2.21. The summed E-state index contributed by atoms with van der Waals surface area (Å²) in [5, 5.41) is 26.4. The maximum Gasteiger partial charge on any atom is 0.492 e. The molecule has 0 amide bonds. The number of halogens is 2. The van der Waals surface area contributed by atoms with E-state index in [1.54, 1.807) is 0 Å². The van der Waals surface area contributed by atoms with Gasteiger partial charge in [0.15, 0.2) is 0 Å². The molecule has 0 aromatic heterocycles. The van der Waals surface area contributed by atoms with Crippen LogP contribution in [-0.4, -0.2) is 22.3 Å². The van der Waals surface area contributed by atoms with Gasteiger partial charge in [-0.2, -0.15) is 0 Å². The Morgan fingerprint density at radius 3 is 2.33 bits per heavy atom. The fraction of sp³-hybridized carbons (Fsp3) is 0. The van der Waals surface area contributed by atoms with Gasteiger partial charge in [-0.15, -0.1) is 0 Å². The van der Waals surface area contributed by atoms with Crippen LogP contribution in [0.1, 0.15) is 0 Å². The van der Waals surface area contributed by atoms with Gasteiger partial charge in [-0.05, 0) is 28.1 Å². The van der Waals surface area contributed by atoms with Gasteiger partial charge in [-0.25, -0.2) is 4.39 Å². The van der Waals surface area contributed by atoms with Crippen molar-refractivity contribution >= 4 is 28.5 Å². The second-order valence-corrected chi connectivity index (χ2v) is 2.96. The molecule has 0 fully saturated rings. The highest BCUT2D eigenvalue weighted by atomic mass is 79.9. The minimum atomic E-state index is -1.94. The van der Waals surface area contributed by atoms with Crippen LogP contribution in [0, 0.1) is 5.82 Å². The van der Waals surface area contributed by atoms with E-state index in [9.17, 15) is 4.39 Å². The average Bonchev–Trinajstić information content (AvgIpc) is 1.97. The first kappa shape index (κ1) is 9.50. The van der Waals surface area contributed by atoms with E-state index in [1.807, 2.05) is 0 Å². The lowest BCUT2D eigenvalue weighted by Crippen LogP contribution is -2.33. The molecule has 1 rings (SSSR count). The summed E-state index contributed by atoms with van der Waals surface area (Å²) < 4.78 is 12.8. The predicted octanol–water partition coefficient (Wildman–Crippen LogP) is -0.0264. The van der Waals surface area contributed by atoms with Crippen LogP contribution in [0.3, 0.4) is 0 Å². The molecule has 0 spiro atoms. The largest absolute Gasteiger partial charge is 0.507 e. The molecule has 3 N–H and O–H groups in total. The van der Waals surface area contributed by atoms with Gasteiger partial charge in [0.25, 0.3) is 0 Å². The van der Waals surface area contributed by atoms with Crippen LogP contribution in [0.15, 0.2) is 16.6 Å². The second-order valence-electron chi connectivity index (χ2n) is 2.17. The Morgan fingerprint density at radius 1 is 1.33 bits per heavy atom. The Kier molecular flexibility index (Phi) is 2.71. The van der Waals surface area contributed by atoms with Crippen LogP contribution >= 0.6 is 15.9 Å². The van der Waals surface area contributed by atoms with Crippen molar-refractivity contribution in [1.82, 2.24) is 0 Å². The van der Waals surface area contributed by atoms with E-state index in [0.29, 0.717) is 0 Å². The molecule has 0 aliphatic heterocycles. The summed E-state index contributed by atoms with van der Waals surface area (Å²) in [5.74, 6) is -1.02. The first-order valence-electron chi connectivity index (χ1n) is 3.07. The Labute approximate surface area is 76.7 Å². The monoisotopic (exact) mass is 234 g/mol. The molecule has 12 heavy (non-hydrogen) atoms. The molecule has 0 heterocycles. The van der Waals surface area contributed by atoms with Gasteiger partial charge in [0.2, 0.25) is 0 Å². The highest BCUT2D eigenvalue weighted by Crippen LogP contribution is 2.21. The van der Waals surface area contributed by atoms with Crippen LogP contribution in [-0.2, 0) is 0 Å². The molecule has 0 bridgehead atoms. The SMILES string of the molecule is OB(O)c1c(F)ccc(O)c1Br. The van der Waals surface area contributed by atoms with E-state index in [4.69, 9.17) is 15.2 Å². The number of hydrogen-bond donors (Lipinski definition) is 3. The third-order valence-corrected chi connectivity index (χ3v) is 2.20. The third kappa shape index (κ3) is 1.60. The van der Waals surface area contributed by atoms with Gasteiger partial charge in [-0.1, -0.05) is 0 Å². The maximum absolute atomic E-state index is 12.8. The quantitative estimate of drug-likeness (QED) is 0.599. The maximum atomic E-state index is 12.8. The summed E-state index contributed by atoms with van der Waals surface area (Å²) >= 11 is 2.82. The topological polar surface area (TPSA) is 60.7 Å². The van der Waals surface area contributed by atoms with Gasteiger partial charge in [0.1, 0.15) is 11.6 Å². The van der Waals surface area contributed by atoms with Crippen LogP contribution in [0.2, 0.25) is 0 Å². The first-order chi connectivity index (χ1) is 5.54. The molecule has 0 saturated heterocycles. The standard InChI is InChI=1S/C6H5BBrFO3/c8-6-4(10)2-1-3(9)5(6)7(11)12/h1-2,10-12H. The fourth-order valence-corrected chi connectivity index (χ4v) is 1.32. The van der Waals surface area contributed by atoms with E-state index in [2.05, 4.69) is 15.9 Å². The number of rotatable bonds is 1. The molecule has 0 aliphatic rings. The lowest BCUT2D eigenvalue weighted by Gasteiger charge is -2.05. The smallest absolute Gasteiger partial charge is 0.492 e. The molecule has 6 heteroatoms. The molecule has 0 atom stereocenters. The van der Waals surface area contributed by atoms with Crippen molar-refractivity contribution in [2.75, 3.05) is 0 Å². The lowest BCUT2D eigenvalue weighted by atomic mass is 9.80. The molecule has 1 aromatic carbocycles. The number of phenolic OH excluding ortho intramolecular Hbond substituents is 1. The lowest BCUT2D eigenvalue weighted by molar-refractivity contribution is 0.420. The normalized spacial score (nSPS) is 10.0. The van der Waals surface area contributed by atoms with E-state index in [-0.39, 0.29) is 15.7 Å². The van der Waals surface area contributed by atoms with Gasteiger partial charge >= 0.3 is 7.12 Å². The van der Waals surface area contributed by atoms with Gasteiger partial charge < -0.3 is 15.2 Å². The highest BCUT2D eigenvalue weighted by molar-refractivity contribution is 9.10. The van der Waals surface area contributed by atoms with Gasteiger partial charge in [0, 0.05) is 5.46 Å². The molecule has 0 radical (unpaired) electrons. The van der Waals surface area contributed by atoms with Crippen molar-refractivity contribution < 1.29 is 19.5 Å². The Hall–Kier alpha value is -0.585. The zero-order chi connectivity index (χ0) is 9.30. The second kappa shape index (κ2) is 3.43. The van der Waals surface area contributed by atoms with Crippen molar-refractivity contribution in [3.63, 3.8) is 0 Å². The van der Waals surface area contributed by atoms with Crippen molar-refractivity contribution in [3.8, 4) is 5.75 Å². The summed E-state index contributed by atoms with van der Waals surface area (Å²) in [4.78, 5) is 0. The summed E-state index contributed by atoms with van der Waals surface area (Å²) in [7, 11) is -1.94. The predicted molar refractivity (Wildman–Crippen MR) is 45.6 cm³/mol. The van der Waals surface area contributed by atoms with Crippen LogP contribution in [0.4, 0.5) is 4.39 Å². The van der Waals surface area contributed by atoms with Crippen LogP contribution < -0.4 is 5.46 Å². The number of aromatic hydroxyl groups is 1. The van der Waals surface area contributed by atoms with Crippen molar-refractivity contribution in [2.24, 2.45) is 0 Å². The molecular formula is C6H5BBrFO3. The Morgan fingerprint density at radius 2 is 1.92 bits per heavy atom. The minimum absolute atomic E-state index is 0.0440. The number of phenols is 1. The van der Waals surface area contributed by atoms with E-state index >= 15 is 0 Å². The minimum Gasteiger partial charge on any atom is -0.507 e. The van der Waals surface area contributed by atoms with Crippen molar-refractivity contribution in [1.29, 1.82) is 0 Å². The zero-order valence-corrected chi connectivity index (χ0v) is 7.42. The van der Waals surface area contributed by atoms with Gasteiger partial charge in [0.05, 0.1) is 4.47 Å².